The van der Waals surface area contributed by atoms with Crippen LogP contribution in [0.4, 0.5) is 0 Å². The Bertz CT molecular complexity index is 130. The number of hydrogen-bond donors (Lipinski definition) is 0. The first kappa shape index (κ1) is 12.5. The van der Waals surface area contributed by atoms with E-state index in [2.05, 4.69) is 13.0 Å². The quantitative estimate of drug-likeness (QED) is 0.428. The highest BCUT2D eigenvalue weighted by Crippen LogP contribution is 2.03. The van der Waals surface area contributed by atoms with Gasteiger partial charge < -0.3 is 9.47 Å². The largest absolute Gasteiger partial charge is 0.496 e. The zero-order valence-electron chi connectivity index (χ0n) is 9.14. The molecule has 0 amide bonds. The predicted molar refractivity (Wildman–Crippen MR) is 55.7 cm³/mol. The van der Waals surface area contributed by atoms with Crippen molar-refractivity contribution in [3.05, 3.63) is 11.8 Å². The molecule has 0 aromatic carbocycles. The standard InChI is InChI=1S/C11H22O2/c1-4-5-6-7-8-11(2)13-10-9-12-3/h8H,4-7,9-10H2,1-3H3. The maximum atomic E-state index is 5.40. The normalized spacial score (nSPS) is 11.8. The summed E-state index contributed by atoms with van der Waals surface area (Å²) in [5.74, 6) is 1.02. The molecule has 0 radical (unpaired) electrons. The van der Waals surface area contributed by atoms with E-state index in [-0.39, 0.29) is 0 Å². The fraction of sp³-hybridized carbons (Fsp3) is 0.818. The third-order valence-electron chi connectivity index (χ3n) is 1.86. The number of allylic oxidation sites excluding steroid dienone is 2. The summed E-state index contributed by atoms with van der Waals surface area (Å²) in [7, 11) is 1.68. The van der Waals surface area contributed by atoms with Gasteiger partial charge in [-0.2, -0.15) is 0 Å². The van der Waals surface area contributed by atoms with Crippen molar-refractivity contribution in [2.75, 3.05) is 20.3 Å². The monoisotopic (exact) mass is 186 g/mol. The van der Waals surface area contributed by atoms with E-state index in [1.807, 2.05) is 6.92 Å². The fourth-order valence-electron chi connectivity index (χ4n) is 1.04. The maximum absolute atomic E-state index is 5.40. The van der Waals surface area contributed by atoms with Crippen LogP contribution in [0.2, 0.25) is 0 Å². The van der Waals surface area contributed by atoms with Gasteiger partial charge in [0.15, 0.2) is 0 Å². The van der Waals surface area contributed by atoms with Crippen LogP contribution in [0.5, 0.6) is 0 Å². The van der Waals surface area contributed by atoms with Crippen molar-refractivity contribution in [1.29, 1.82) is 0 Å². The highest BCUT2D eigenvalue weighted by molar-refractivity contribution is 4.87. The van der Waals surface area contributed by atoms with Crippen LogP contribution in [0.3, 0.4) is 0 Å². The number of ether oxygens (including phenoxy) is 2. The Morgan fingerprint density at radius 2 is 2.00 bits per heavy atom. The first-order valence-electron chi connectivity index (χ1n) is 5.09. The third-order valence-corrected chi connectivity index (χ3v) is 1.86. The van der Waals surface area contributed by atoms with Crippen LogP contribution in [0.1, 0.15) is 39.5 Å². The summed E-state index contributed by atoms with van der Waals surface area (Å²) in [6.45, 7) is 5.54. The molecule has 0 spiro atoms. The smallest absolute Gasteiger partial charge is 0.111 e. The summed E-state index contributed by atoms with van der Waals surface area (Å²) in [6.07, 6.45) is 7.14. The lowest BCUT2D eigenvalue weighted by atomic mass is 10.2. The van der Waals surface area contributed by atoms with E-state index in [0.717, 1.165) is 12.2 Å². The van der Waals surface area contributed by atoms with E-state index in [0.29, 0.717) is 13.2 Å². The summed E-state index contributed by atoms with van der Waals surface area (Å²) in [5.41, 5.74) is 0. The van der Waals surface area contributed by atoms with Gasteiger partial charge in [0.2, 0.25) is 0 Å². The number of methoxy groups -OCH3 is 1. The van der Waals surface area contributed by atoms with Gasteiger partial charge in [-0.25, -0.2) is 0 Å². The van der Waals surface area contributed by atoms with E-state index in [1.54, 1.807) is 7.11 Å². The Morgan fingerprint density at radius 3 is 2.62 bits per heavy atom. The molecule has 0 atom stereocenters. The molecule has 13 heavy (non-hydrogen) atoms. The van der Waals surface area contributed by atoms with E-state index in [9.17, 15) is 0 Å². The Hall–Kier alpha value is -0.500. The Balaban J connectivity index is 3.29. The number of hydrogen-bond acceptors (Lipinski definition) is 2. The molecule has 0 fully saturated rings. The van der Waals surface area contributed by atoms with Gasteiger partial charge in [0, 0.05) is 7.11 Å². The summed E-state index contributed by atoms with van der Waals surface area (Å²) < 4.78 is 10.3. The van der Waals surface area contributed by atoms with Gasteiger partial charge in [0.1, 0.15) is 6.61 Å². The molecule has 0 aromatic heterocycles. The van der Waals surface area contributed by atoms with Crippen LogP contribution in [-0.4, -0.2) is 20.3 Å². The molecule has 0 aliphatic heterocycles. The minimum atomic E-state index is 0.659. The minimum Gasteiger partial charge on any atom is -0.496 e. The summed E-state index contributed by atoms with van der Waals surface area (Å²) in [6, 6.07) is 0. The predicted octanol–water partition coefficient (Wildman–Crippen LogP) is 3.13. The lowest BCUT2D eigenvalue weighted by Crippen LogP contribution is -1.99. The second kappa shape index (κ2) is 9.59. The summed E-state index contributed by atoms with van der Waals surface area (Å²) >= 11 is 0. The zero-order valence-corrected chi connectivity index (χ0v) is 9.14. The van der Waals surface area contributed by atoms with Crippen LogP contribution in [0, 0.1) is 0 Å². The van der Waals surface area contributed by atoms with Gasteiger partial charge in [0.25, 0.3) is 0 Å². The van der Waals surface area contributed by atoms with Crippen LogP contribution < -0.4 is 0 Å². The summed E-state index contributed by atoms with van der Waals surface area (Å²) in [4.78, 5) is 0. The molecule has 0 aliphatic rings. The highest BCUT2D eigenvalue weighted by atomic mass is 16.5. The van der Waals surface area contributed by atoms with Crippen LogP contribution in [0.15, 0.2) is 11.8 Å². The van der Waals surface area contributed by atoms with E-state index in [4.69, 9.17) is 9.47 Å². The Morgan fingerprint density at radius 1 is 1.23 bits per heavy atom. The van der Waals surface area contributed by atoms with Gasteiger partial charge in [-0.15, -0.1) is 0 Å². The Labute approximate surface area is 81.9 Å². The van der Waals surface area contributed by atoms with Crippen LogP contribution in [-0.2, 0) is 9.47 Å². The highest BCUT2D eigenvalue weighted by Gasteiger charge is 1.89. The van der Waals surface area contributed by atoms with E-state index in [1.165, 1.54) is 19.3 Å². The molecule has 0 N–H and O–H groups in total. The second-order valence-electron chi connectivity index (χ2n) is 3.15. The van der Waals surface area contributed by atoms with Gasteiger partial charge in [-0.3, -0.25) is 0 Å². The third kappa shape index (κ3) is 9.41. The van der Waals surface area contributed by atoms with Gasteiger partial charge in [0.05, 0.1) is 12.4 Å². The second-order valence-corrected chi connectivity index (χ2v) is 3.15. The van der Waals surface area contributed by atoms with Gasteiger partial charge in [-0.1, -0.05) is 19.8 Å². The molecule has 0 unspecified atom stereocenters. The first-order chi connectivity index (χ1) is 6.31. The van der Waals surface area contributed by atoms with Crippen molar-refractivity contribution >= 4 is 0 Å². The van der Waals surface area contributed by atoms with Crippen LogP contribution in [0.25, 0.3) is 0 Å². The van der Waals surface area contributed by atoms with E-state index < -0.39 is 0 Å². The van der Waals surface area contributed by atoms with Crippen molar-refractivity contribution in [2.45, 2.75) is 39.5 Å². The number of rotatable bonds is 8. The molecule has 0 saturated heterocycles. The summed E-state index contributed by atoms with van der Waals surface area (Å²) in [5, 5.41) is 0. The maximum Gasteiger partial charge on any atom is 0.111 e. The minimum absolute atomic E-state index is 0.659. The van der Waals surface area contributed by atoms with Crippen molar-refractivity contribution < 1.29 is 9.47 Å². The average molecular weight is 186 g/mol. The van der Waals surface area contributed by atoms with Gasteiger partial charge >= 0.3 is 0 Å². The van der Waals surface area contributed by atoms with Gasteiger partial charge in [-0.05, 0) is 25.8 Å². The fourth-order valence-corrected chi connectivity index (χ4v) is 1.04. The molecular formula is C11H22O2. The molecule has 0 saturated carbocycles. The van der Waals surface area contributed by atoms with E-state index >= 15 is 0 Å². The van der Waals surface area contributed by atoms with Crippen LogP contribution >= 0.6 is 0 Å². The lowest BCUT2D eigenvalue weighted by molar-refractivity contribution is 0.110. The molecule has 0 rings (SSSR count). The molecule has 0 bridgehead atoms. The average Bonchev–Trinajstić information content (AvgIpc) is 2.13. The SMILES string of the molecule is CCCCCC=C(C)OCCOC. The first-order valence-corrected chi connectivity index (χ1v) is 5.09. The molecule has 0 heterocycles. The lowest BCUT2D eigenvalue weighted by Gasteiger charge is -2.04. The zero-order chi connectivity index (χ0) is 9.94. The van der Waals surface area contributed by atoms with Crippen molar-refractivity contribution in [3.8, 4) is 0 Å². The molecule has 78 valence electrons. The van der Waals surface area contributed by atoms with Crippen molar-refractivity contribution in [1.82, 2.24) is 0 Å². The molecule has 2 nitrogen and oxygen atoms in total. The topological polar surface area (TPSA) is 18.5 Å². The molecule has 0 aromatic rings. The molecule has 2 heteroatoms. The van der Waals surface area contributed by atoms with Crippen molar-refractivity contribution in [3.63, 3.8) is 0 Å². The van der Waals surface area contributed by atoms with Crippen molar-refractivity contribution in [2.24, 2.45) is 0 Å². The molecule has 0 aliphatic carbocycles. The number of unbranched alkanes of at least 4 members (excludes halogenated alkanes) is 3. The Kier molecular flexibility index (Phi) is 9.22. The molecular weight excluding hydrogens is 164 g/mol.